The minimum atomic E-state index is -0.402. The molecule has 1 saturated heterocycles. The van der Waals surface area contributed by atoms with Gasteiger partial charge in [0.25, 0.3) is 0 Å². The molecule has 5 heteroatoms. The Morgan fingerprint density at radius 1 is 1.13 bits per heavy atom. The Balaban J connectivity index is 2.42. The molecule has 0 saturated carbocycles. The maximum Gasteiger partial charge on any atom is 0.312 e. The average Bonchev–Trinajstić information content (AvgIpc) is 2.25. The SMILES string of the molecule is CCN1CCN(CCCCO)C(=O)C1=O. The van der Waals surface area contributed by atoms with Crippen LogP contribution in [0.5, 0.6) is 0 Å². The van der Waals surface area contributed by atoms with Gasteiger partial charge in [0.15, 0.2) is 0 Å². The van der Waals surface area contributed by atoms with E-state index in [0.29, 0.717) is 32.6 Å². The number of aliphatic hydroxyl groups is 1. The van der Waals surface area contributed by atoms with Crippen LogP contribution in [0.1, 0.15) is 19.8 Å². The average molecular weight is 214 g/mol. The van der Waals surface area contributed by atoms with E-state index in [4.69, 9.17) is 5.11 Å². The number of hydrogen-bond acceptors (Lipinski definition) is 3. The summed E-state index contributed by atoms with van der Waals surface area (Å²) < 4.78 is 0. The summed E-state index contributed by atoms with van der Waals surface area (Å²) in [5, 5.41) is 8.62. The molecule has 0 aromatic carbocycles. The highest BCUT2D eigenvalue weighted by molar-refractivity contribution is 6.35. The summed E-state index contributed by atoms with van der Waals surface area (Å²) >= 11 is 0. The Morgan fingerprint density at radius 3 is 2.33 bits per heavy atom. The quantitative estimate of drug-likeness (QED) is 0.493. The molecule has 0 radical (unpaired) electrons. The zero-order chi connectivity index (χ0) is 11.3. The van der Waals surface area contributed by atoms with Crippen LogP contribution in [-0.4, -0.2) is 59.5 Å². The third-order valence-corrected chi connectivity index (χ3v) is 2.62. The molecular weight excluding hydrogens is 196 g/mol. The van der Waals surface area contributed by atoms with Gasteiger partial charge in [-0.2, -0.15) is 0 Å². The van der Waals surface area contributed by atoms with E-state index in [1.165, 1.54) is 0 Å². The van der Waals surface area contributed by atoms with Gasteiger partial charge in [0.2, 0.25) is 0 Å². The molecule has 86 valence electrons. The molecule has 0 atom stereocenters. The number of amides is 2. The molecule has 1 fully saturated rings. The lowest BCUT2D eigenvalue weighted by molar-refractivity contribution is -0.155. The van der Waals surface area contributed by atoms with E-state index in [-0.39, 0.29) is 6.61 Å². The molecular formula is C10H18N2O3. The summed E-state index contributed by atoms with van der Waals surface area (Å²) in [7, 11) is 0. The fourth-order valence-electron chi connectivity index (χ4n) is 1.64. The lowest BCUT2D eigenvalue weighted by Crippen LogP contribution is -2.54. The Labute approximate surface area is 89.7 Å². The first-order valence-electron chi connectivity index (χ1n) is 5.39. The van der Waals surface area contributed by atoms with Crippen molar-refractivity contribution in [2.45, 2.75) is 19.8 Å². The van der Waals surface area contributed by atoms with Crippen LogP contribution in [0, 0.1) is 0 Å². The molecule has 0 unspecified atom stereocenters. The van der Waals surface area contributed by atoms with Crippen molar-refractivity contribution in [1.29, 1.82) is 0 Å². The van der Waals surface area contributed by atoms with Gasteiger partial charge in [0.05, 0.1) is 0 Å². The van der Waals surface area contributed by atoms with E-state index in [2.05, 4.69) is 0 Å². The molecule has 1 N–H and O–H groups in total. The van der Waals surface area contributed by atoms with Crippen molar-refractivity contribution in [3.63, 3.8) is 0 Å². The van der Waals surface area contributed by atoms with Gasteiger partial charge in [-0.15, -0.1) is 0 Å². The summed E-state index contributed by atoms with van der Waals surface area (Å²) in [6, 6.07) is 0. The number of rotatable bonds is 5. The van der Waals surface area contributed by atoms with Crippen molar-refractivity contribution in [1.82, 2.24) is 9.80 Å². The summed E-state index contributed by atoms with van der Waals surface area (Å²) in [4.78, 5) is 26.2. The van der Waals surface area contributed by atoms with Gasteiger partial charge >= 0.3 is 11.8 Å². The molecule has 2 amide bonds. The van der Waals surface area contributed by atoms with Gasteiger partial charge in [-0.1, -0.05) is 0 Å². The zero-order valence-corrected chi connectivity index (χ0v) is 9.11. The van der Waals surface area contributed by atoms with Crippen molar-refractivity contribution >= 4 is 11.8 Å². The van der Waals surface area contributed by atoms with Crippen LogP contribution in [-0.2, 0) is 9.59 Å². The number of carbonyl (C=O) groups is 2. The Bertz CT molecular complexity index is 241. The third-order valence-electron chi connectivity index (χ3n) is 2.62. The first-order valence-corrected chi connectivity index (χ1v) is 5.39. The van der Waals surface area contributed by atoms with Crippen molar-refractivity contribution in [3.8, 4) is 0 Å². The van der Waals surface area contributed by atoms with Gasteiger partial charge in [-0.05, 0) is 19.8 Å². The zero-order valence-electron chi connectivity index (χ0n) is 9.11. The molecule has 5 nitrogen and oxygen atoms in total. The van der Waals surface area contributed by atoms with Crippen LogP contribution in [0.25, 0.3) is 0 Å². The minimum Gasteiger partial charge on any atom is -0.396 e. The first-order chi connectivity index (χ1) is 7.20. The van der Waals surface area contributed by atoms with Gasteiger partial charge in [-0.3, -0.25) is 9.59 Å². The minimum absolute atomic E-state index is 0.136. The molecule has 1 rings (SSSR count). The van der Waals surface area contributed by atoms with Crippen LogP contribution in [0.15, 0.2) is 0 Å². The van der Waals surface area contributed by atoms with Gasteiger partial charge in [-0.25, -0.2) is 0 Å². The van der Waals surface area contributed by atoms with Crippen LogP contribution < -0.4 is 0 Å². The topological polar surface area (TPSA) is 60.9 Å². The van der Waals surface area contributed by atoms with Crippen molar-refractivity contribution < 1.29 is 14.7 Å². The lowest BCUT2D eigenvalue weighted by Gasteiger charge is -2.33. The highest BCUT2D eigenvalue weighted by atomic mass is 16.3. The second kappa shape index (κ2) is 5.70. The predicted molar refractivity (Wildman–Crippen MR) is 55.2 cm³/mol. The first kappa shape index (κ1) is 12.0. The number of carbonyl (C=O) groups excluding carboxylic acids is 2. The third kappa shape index (κ3) is 2.92. The fourth-order valence-corrected chi connectivity index (χ4v) is 1.64. The van der Waals surface area contributed by atoms with E-state index in [9.17, 15) is 9.59 Å². The molecule has 1 aliphatic heterocycles. The summed E-state index contributed by atoms with van der Waals surface area (Å²) in [6.45, 7) is 4.41. The van der Waals surface area contributed by atoms with Crippen molar-refractivity contribution in [2.24, 2.45) is 0 Å². The molecule has 15 heavy (non-hydrogen) atoms. The van der Waals surface area contributed by atoms with Gasteiger partial charge in [0.1, 0.15) is 0 Å². The number of unbranched alkanes of at least 4 members (excludes halogenated alkanes) is 1. The summed E-state index contributed by atoms with van der Waals surface area (Å²) in [5.41, 5.74) is 0. The highest BCUT2D eigenvalue weighted by Crippen LogP contribution is 2.06. The molecule has 0 aliphatic carbocycles. The lowest BCUT2D eigenvalue weighted by atomic mass is 10.2. The second-order valence-electron chi connectivity index (χ2n) is 3.61. The maximum absolute atomic E-state index is 11.6. The summed E-state index contributed by atoms with van der Waals surface area (Å²) in [5.74, 6) is -0.797. The van der Waals surface area contributed by atoms with Crippen LogP contribution in [0.3, 0.4) is 0 Å². The monoisotopic (exact) mass is 214 g/mol. The number of likely N-dealkylation sites (N-methyl/N-ethyl adjacent to an activating group) is 1. The highest BCUT2D eigenvalue weighted by Gasteiger charge is 2.30. The Morgan fingerprint density at radius 2 is 1.73 bits per heavy atom. The van der Waals surface area contributed by atoms with Crippen LogP contribution >= 0.6 is 0 Å². The molecule has 0 spiro atoms. The second-order valence-corrected chi connectivity index (χ2v) is 3.61. The normalized spacial score (nSPS) is 17.5. The largest absolute Gasteiger partial charge is 0.396 e. The predicted octanol–water partition coefficient (Wildman–Crippen LogP) is -0.550. The smallest absolute Gasteiger partial charge is 0.312 e. The van der Waals surface area contributed by atoms with E-state index >= 15 is 0 Å². The van der Waals surface area contributed by atoms with E-state index in [1.807, 2.05) is 6.92 Å². The Kier molecular flexibility index (Phi) is 4.55. The van der Waals surface area contributed by atoms with Gasteiger partial charge < -0.3 is 14.9 Å². The molecule has 0 bridgehead atoms. The van der Waals surface area contributed by atoms with Gasteiger partial charge in [0, 0.05) is 32.8 Å². The van der Waals surface area contributed by atoms with E-state index < -0.39 is 11.8 Å². The number of hydrogen-bond donors (Lipinski definition) is 1. The maximum atomic E-state index is 11.6. The standard InChI is InChI=1S/C10H18N2O3/c1-2-11-6-7-12(5-3-4-8-13)10(15)9(11)14/h13H,2-8H2,1H3. The molecule has 1 aliphatic rings. The van der Waals surface area contributed by atoms with E-state index in [1.54, 1.807) is 9.80 Å². The summed E-state index contributed by atoms with van der Waals surface area (Å²) in [6.07, 6.45) is 1.43. The fraction of sp³-hybridized carbons (Fsp3) is 0.800. The van der Waals surface area contributed by atoms with Crippen molar-refractivity contribution in [2.75, 3.05) is 32.8 Å². The Hall–Kier alpha value is -1.10. The molecule has 0 aromatic rings. The molecule has 1 heterocycles. The van der Waals surface area contributed by atoms with E-state index in [0.717, 1.165) is 6.42 Å². The van der Waals surface area contributed by atoms with Crippen molar-refractivity contribution in [3.05, 3.63) is 0 Å². The van der Waals surface area contributed by atoms with Crippen LogP contribution in [0.2, 0.25) is 0 Å². The van der Waals surface area contributed by atoms with Crippen LogP contribution in [0.4, 0.5) is 0 Å². The number of nitrogens with zero attached hydrogens (tertiary/aromatic N) is 2. The number of aliphatic hydroxyl groups excluding tert-OH is 1. The number of piperazine rings is 1. The molecule has 0 aromatic heterocycles.